The van der Waals surface area contributed by atoms with Crippen LogP contribution < -0.4 is 10.6 Å². The molecule has 1 atom stereocenters. The van der Waals surface area contributed by atoms with Gasteiger partial charge in [-0.05, 0) is 25.4 Å². The van der Waals surface area contributed by atoms with Crippen molar-refractivity contribution in [3.8, 4) is 11.3 Å². The second-order valence-electron chi connectivity index (χ2n) is 5.76. The largest absolute Gasteiger partial charge is 0.367 e. The molecule has 0 aromatic carbocycles. The van der Waals surface area contributed by atoms with Crippen molar-refractivity contribution >= 4 is 11.5 Å². The van der Waals surface area contributed by atoms with Crippen LogP contribution in [-0.4, -0.2) is 43.8 Å². The predicted octanol–water partition coefficient (Wildman–Crippen LogP) is 1.15. The monoisotopic (exact) mass is 297 g/mol. The number of hydrogen-bond donors (Lipinski definition) is 2. The van der Waals surface area contributed by atoms with E-state index in [0.29, 0.717) is 5.92 Å². The summed E-state index contributed by atoms with van der Waals surface area (Å²) >= 11 is 0. The molecule has 114 valence electrons. The second kappa shape index (κ2) is 5.42. The van der Waals surface area contributed by atoms with Gasteiger partial charge in [0.2, 0.25) is 0 Å². The fourth-order valence-corrected chi connectivity index (χ4v) is 2.94. The number of hydrogen-bond acceptors (Lipinski definition) is 5. The van der Waals surface area contributed by atoms with Crippen molar-refractivity contribution in [3.05, 3.63) is 31.0 Å². The Labute approximate surface area is 128 Å². The Morgan fingerprint density at radius 2 is 2.32 bits per heavy atom. The van der Waals surface area contributed by atoms with Crippen molar-refractivity contribution in [3.63, 3.8) is 0 Å². The summed E-state index contributed by atoms with van der Waals surface area (Å²) in [6, 6.07) is 0. The Hall–Kier alpha value is -2.41. The highest BCUT2D eigenvalue weighted by molar-refractivity contribution is 5.69. The van der Waals surface area contributed by atoms with E-state index in [2.05, 4.69) is 30.1 Å². The van der Waals surface area contributed by atoms with E-state index in [1.54, 1.807) is 4.68 Å². The number of rotatable bonds is 4. The SMILES string of the molecule is Cn1cc(-c2cnc3c(NCC4CCNC4)nccn23)cn1. The molecule has 0 bridgehead atoms. The molecule has 0 radical (unpaired) electrons. The molecule has 0 amide bonds. The highest BCUT2D eigenvalue weighted by Gasteiger charge is 2.16. The summed E-state index contributed by atoms with van der Waals surface area (Å²) in [5, 5.41) is 11.1. The van der Waals surface area contributed by atoms with Crippen molar-refractivity contribution in [1.29, 1.82) is 0 Å². The molecule has 1 fully saturated rings. The molecule has 0 spiro atoms. The van der Waals surface area contributed by atoms with Gasteiger partial charge in [-0.25, -0.2) is 9.97 Å². The molecule has 4 rings (SSSR count). The summed E-state index contributed by atoms with van der Waals surface area (Å²) < 4.78 is 3.85. The predicted molar refractivity (Wildman–Crippen MR) is 84.7 cm³/mol. The number of nitrogens with zero attached hydrogens (tertiary/aromatic N) is 5. The van der Waals surface area contributed by atoms with Crippen LogP contribution in [-0.2, 0) is 7.05 Å². The third-order valence-electron chi connectivity index (χ3n) is 4.15. The summed E-state index contributed by atoms with van der Waals surface area (Å²) in [4.78, 5) is 8.98. The molecule has 1 aliphatic heterocycles. The first-order chi connectivity index (χ1) is 10.8. The van der Waals surface area contributed by atoms with Crippen LogP contribution in [0.25, 0.3) is 16.9 Å². The Morgan fingerprint density at radius 1 is 1.36 bits per heavy atom. The zero-order chi connectivity index (χ0) is 14.9. The van der Waals surface area contributed by atoms with Crippen LogP contribution in [0.2, 0.25) is 0 Å². The molecule has 1 unspecified atom stereocenters. The Kier molecular flexibility index (Phi) is 3.27. The average Bonchev–Trinajstić information content (AvgIpc) is 3.25. The minimum absolute atomic E-state index is 0.662. The smallest absolute Gasteiger partial charge is 0.180 e. The van der Waals surface area contributed by atoms with Gasteiger partial charge in [0.1, 0.15) is 0 Å². The van der Waals surface area contributed by atoms with E-state index in [4.69, 9.17) is 0 Å². The molecule has 3 aromatic heterocycles. The van der Waals surface area contributed by atoms with Crippen molar-refractivity contribution < 1.29 is 0 Å². The zero-order valence-corrected chi connectivity index (χ0v) is 12.5. The van der Waals surface area contributed by atoms with Gasteiger partial charge in [-0.2, -0.15) is 5.10 Å². The maximum atomic E-state index is 4.53. The van der Waals surface area contributed by atoms with Gasteiger partial charge in [0.15, 0.2) is 11.5 Å². The van der Waals surface area contributed by atoms with Crippen molar-refractivity contribution in [1.82, 2.24) is 29.5 Å². The first kappa shape index (κ1) is 13.3. The van der Waals surface area contributed by atoms with E-state index >= 15 is 0 Å². The minimum Gasteiger partial charge on any atom is -0.367 e. The Balaban J connectivity index is 1.64. The van der Waals surface area contributed by atoms with Gasteiger partial charge in [0.05, 0.1) is 18.1 Å². The lowest BCUT2D eigenvalue weighted by Crippen LogP contribution is -2.18. The minimum atomic E-state index is 0.662. The van der Waals surface area contributed by atoms with Crippen LogP contribution in [0.3, 0.4) is 0 Å². The van der Waals surface area contributed by atoms with Crippen LogP contribution >= 0.6 is 0 Å². The molecule has 4 heterocycles. The molecule has 2 N–H and O–H groups in total. The molecule has 3 aromatic rings. The third kappa shape index (κ3) is 2.33. The summed E-state index contributed by atoms with van der Waals surface area (Å²) in [6.07, 6.45) is 10.7. The zero-order valence-electron chi connectivity index (χ0n) is 12.5. The van der Waals surface area contributed by atoms with E-state index in [1.807, 2.05) is 38.0 Å². The second-order valence-corrected chi connectivity index (χ2v) is 5.76. The van der Waals surface area contributed by atoms with Crippen molar-refractivity contribution in [2.45, 2.75) is 6.42 Å². The van der Waals surface area contributed by atoms with Gasteiger partial charge >= 0.3 is 0 Å². The summed E-state index contributed by atoms with van der Waals surface area (Å²) in [5.74, 6) is 1.50. The van der Waals surface area contributed by atoms with Gasteiger partial charge in [0, 0.05) is 37.7 Å². The average molecular weight is 297 g/mol. The molecular formula is C15H19N7. The van der Waals surface area contributed by atoms with Crippen LogP contribution in [0.15, 0.2) is 31.0 Å². The van der Waals surface area contributed by atoms with E-state index in [-0.39, 0.29) is 0 Å². The maximum absolute atomic E-state index is 4.53. The molecule has 22 heavy (non-hydrogen) atoms. The fraction of sp³-hybridized carbons (Fsp3) is 0.400. The summed E-state index contributed by atoms with van der Waals surface area (Å²) in [7, 11) is 1.91. The normalized spacial score (nSPS) is 18.1. The van der Waals surface area contributed by atoms with Gasteiger partial charge in [-0.1, -0.05) is 0 Å². The number of imidazole rings is 1. The summed E-state index contributed by atoms with van der Waals surface area (Å²) in [5.41, 5.74) is 2.93. The lowest BCUT2D eigenvalue weighted by Gasteiger charge is -2.11. The van der Waals surface area contributed by atoms with Crippen LogP contribution in [0, 0.1) is 5.92 Å². The Bertz CT molecular complexity index is 782. The molecule has 7 nitrogen and oxygen atoms in total. The quantitative estimate of drug-likeness (QED) is 0.756. The van der Waals surface area contributed by atoms with Gasteiger partial charge in [0.25, 0.3) is 0 Å². The fourth-order valence-electron chi connectivity index (χ4n) is 2.94. The number of aryl methyl sites for hydroxylation is 1. The molecule has 7 heteroatoms. The van der Waals surface area contributed by atoms with E-state index in [1.165, 1.54) is 6.42 Å². The van der Waals surface area contributed by atoms with E-state index < -0.39 is 0 Å². The number of aromatic nitrogens is 5. The topological polar surface area (TPSA) is 72.1 Å². The molecule has 0 saturated carbocycles. The summed E-state index contributed by atoms with van der Waals surface area (Å²) in [6.45, 7) is 3.11. The number of fused-ring (bicyclic) bond motifs is 1. The maximum Gasteiger partial charge on any atom is 0.180 e. The first-order valence-electron chi connectivity index (χ1n) is 7.57. The van der Waals surface area contributed by atoms with E-state index in [0.717, 1.165) is 42.4 Å². The number of anilines is 1. The molecular weight excluding hydrogens is 278 g/mol. The van der Waals surface area contributed by atoms with Crippen molar-refractivity contribution in [2.75, 3.05) is 25.0 Å². The van der Waals surface area contributed by atoms with E-state index in [9.17, 15) is 0 Å². The Morgan fingerprint density at radius 3 is 3.09 bits per heavy atom. The van der Waals surface area contributed by atoms with Gasteiger partial charge in [-0.15, -0.1) is 0 Å². The van der Waals surface area contributed by atoms with Crippen LogP contribution in [0.1, 0.15) is 6.42 Å². The standard InChI is InChI=1S/C15H19N7/c1-21-10-12(8-20-21)13-9-19-15-14(17-4-5-22(13)15)18-7-11-2-3-16-6-11/h4-5,8-11,16H,2-3,6-7H2,1H3,(H,17,18). The van der Waals surface area contributed by atoms with Gasteiger partial charge in [-0.3, -0.25) is 9.08 Å². The number of nitrogens with one attached hydrogen (secondary N) is 2. The molecule has 0 aliphatic carbocycles. The molecule has 1 aliphatic rings. The van der Waals surface area contributed by atoms with Crippen LogP contribution in [0.5, 0.6) is 0 Å². The van der Waals surface area contributed by atoms with Crippen LogP contribution in [0.4, 0.5) is 5.82 Å². The van der Waals surface area contributed by atoms with Gasteiger partial charge < -0.3 is 10.6 Å². The highest BCUT2D eigenvalue weighted by Crippen LogP contribution is 2.23. The first-order valence-corrected chi connectivity index (χ1v) is 7.57. The third-order valence-corrected chi connectivity index (χ3v) is 4.15. The highest BCUT2D eigenvalue weighted by atomic mass is 15.2. The lowest BCUT2D eigenvalue weighted by atomic mass is 10.1. The van der Waals surface area contributed by atoms with Crippen molar-refractivity contribution in [2.24, 2.45) is 13.0 Å². The molecule has 1 saturated heterocycles. The lowest BCUT2D eigenvalue weighted by molar-refractivity contribution is 0.614.